The molecule has 2 N–H and O–H groups in total. The predicted octanol–water partition coefficient (Wildman–Crippen LogP) is 3.10. The van der Waals surface area contributed by atoms with Crippen molar-refractivity contribution in [3.05, 3.63) is 59.4 Å². The van der Waals surface area contributed by atoms with Crippen LogP contribution in [0.2, 0.25) is 5.02 Å². The molecule has 1 aromatic carbocycles. The molecule has 1 amide bonds. The van der Waals surface area contributed by atoms with Gasteiger partial charge in [0.15, 0.2) is 0 Å². The van der Waals surface area contributed by atoms with Gasteiger partial charge in [0.25, 0.3) is 5.91 Å². The number of carbonyl (C=O) groups is 1. The lowest BCUT2D eigenvalue weighted by molar-refractivity contribution is 0.0953. The second kappa shape index (κ2) is 6.85. The highest BCUT2D eigenvalue weighted by Crippen LogP contribution is 2.21. The molecular weight excluding hydrogens is 288 g/mol. The van der Waals surface area contributed by atoms with Crippen molar-refractivity contribution in [3.8, 4) is 0 Å². The van der Waals surface area contributed by atoms with Crippen LogP contribution >= 0.6 is 11.6 Å². The molecule has 0 saturated carbocycles. The fraction of sp³-hybridized carbons (Fsp3) is 0.133. The molecule has 0 radical (unpaired) electrons. The maximum Gasteiger partial charge on any atom is 0.270 e. The molecule has 108 valence electrons. The van der Waals surface area contributed by atoms with Gasteiger partial charge in [-0.1, -0.05) is 17.7 Å². The standard InChI is InChI=1S/C15H15ClN4O/c1-3-7-17-14(21)13-6-8-18-15(20-13)19-12-5-4-11(16)9-10(12)2/h3-6,8-9H,1,7H2,2H3,(H,17,21)(H,18,19,20). The zero-order valence-corrected chi connectivity index (χ0v) is 12.3. The summed E-state index contributed by atoms with van der Waals surface area (Å²) < 4.78 is 0. The number of benzene rings is 1. The van der Waals surface area contributed by atoms with Crippen LogP contribution in [-0.4, -0.2) is 22.4 Å². The van der Waals surface area contributed by atoms with E-state index in [1.54, 1.807) is 18.2 Å². The highest BCUT2D eigenvalue weighted by Gasteiger charge is 2.08. The van der Waals surface area contributed by atoms with E-state index in [0.29, 0.717) is 23.2 Å². The fourth-order valence-electron chi connectivity index (χ4n) is 1.69. The number of rotatable bonds is 5. The Bertz CT molecular complexity index is 672. The largest absolute Gasteiger partial charge is 0.347 e. The lowest BCUT2D eigenvalue weighted by atomic mass is 10.2. The van der Waals surface area contributed by atoms with E-state index >= 15 is 0 Å². The summed E-state index contributed by atoms with van der Waals surface area (Å²) in [6.07, 6.45) is 3.14. The Morgan fingerprint density at radius 3 is 2.95 bits per heavy atom. The molecular formula is C15H15ClN4O. The summed E-state index contributed by atoms with van der Waals surface area (Å²) in [5.41, 5.74) is 2.09. The second-order valence-electron chi connectivity index (χ2n) is 4.35. The average Bonchev–Trinajstić information content (AvgIpc) is 2.48. The maximum atomic E-state index is 11.8. The molecule has 2 aromatic rings. The van der Waals surface area contributed by atoms with Gasteiger partial charge in [0, 0.05) is 23.5 Å². The average molecular weight is 303 g/mol. The van der Waals surface area contributed by atoms with Crippen LogP contribution in [0, 0.1) is 6.92 Å². The molecule has 0 bridgehead atoms. The Balaban J connectivity index is 2.17. The van der Waals surface area contributed by atoms with Crippen molar-refractivity contribution < 1.29 is 4.79 Å². The van der Waals surface area contributed by atoms with Crippen molar-refractivity contribution in [3.63, 3.8) is 0 Å². The zero-order valence-electron chi connectivity index (χ0n) is 11.6. The molecule has 0 fully saturated rings. The molecule has 0 spiro atoms. The van der Waals surface area contributed by atoms with E-state index < -0.39 is 0 Å². The highest BCUT2D eigenvalue weighted by atomic mass is 35.5. The van der Waals surface area contributed by atoms with Crippen LogP contribution < -0.4 is 10.6 Å². The first kappa shape index (κ1) is 15.0. The third kappa shape index (κ3) is 4.03. The first-order valence-electron chi connectivity index (χ1n) is 6.35. The number of carbonyl (C=O) groups excluding carboxylic acids is 1. The molecule has 0 aliphatic carbocycles. The molecule has 0 aliphatic heterocycles. The van der Waals surface area contributed by atoms with Gasteiger partial charge >= 0.3 is 0 Å². The van der Waals surface area contributed by atoms with E-state index in [-0.39, 0.29) is 5.91 Å². The SMILES string of the molecule is C=CCNC(=O)c1ccnc(Nc2ccc(Cl)cc2C)n1. The van der Waals surface area contributed by atoms with Crippen LogP contribution in [0.4, 0.5) is 11.6 Å². The third-order valence-electron chi connectivity index (χ3n) is 2.73. The van der Waals surface area contributed by atoms with E-state index in [1.165, 1.54) is 6.20 Å². The Morgan fingerprint density at radius 2 is 2.24 bits per heavy atom. The Kier molecular flexibility index (Phi) is 4.90. The maximum absolute atomic E-state index is 11.8. The van der Waals surface area contributed by atoms with Crippen molar-refractivity contribution in [2.45, 2.75) is 6.92 Å². The van der Waals surface area contributed by atoms with E-state index in [1.807, 2.05) is 19.1 Å². The molecule has 1 aromatic heterocycles. The number of amides is 1. The molecule has 0 unspecified atom stereocenters. The summed E-state index contributed by atoms with van der Waals surface area (Å²) in [5.74, 6) is 0.0832. The van der Waals surface area contributed by atoms with Crippen LogP contribution in [0.5, 0.6) is 0 Å². The number of nitrogens with one attached hydrogen (secondary N) is 2. The summed E-state index contributed by atoms with van der Waals surface area (Å²) in [7, 11) is 0. The lowest BCUT2D eigenvalue weighted by Crippen LogP contribution is -2.24. The minimum Gasteiger partial charge on any atom is -0.347 e. The van der Waals surface area contributed by atoms with Crippen LogP contribution in [0.15, 0.2) is 43.1 Å². The second-order valence-corrected chi connectivity index (χ2v) is 4.78. The summed E-state index contributed by atoms with van der Waals surface area (Å²) >= 11 is 5.92. The summed E-state index contributed by atoms with van der Waals surface area (Å²) in [6.45, 7) is 5.86. The van der Waals surface area contributed by atoms with Gasteiger partial charge in [0.05, 0.1) is 0 Å². The Hall–Kier alpha value is -2.40. The zero-order chi connectivity index (χ0) is 15.2. The van der Waals surface area contributed by atoms with Gasteiger partial charge in [-0.3, -0.25) is 4.79 Å². The van der Waals surface area contributed by atoms with Gasteiger partial charge in [-0.05, 0) is 36.8 Å². The van der Waals surface area contributed by atoms with Crippen LogP contribution in [0.25, 0.3) is 0 Å². The number of aryl methyl sites for hydroxylation is 1. The van der Waals surface area contributed by atoms with Crippen LogP contribution in [0.3, 0.4) is 0 Å². The normalized spacial score (nSPS) is 10.0. The van der Waals surface area contributed by atoms with Gasteiger partial charge in [-0.15, -0.1) is 6.58 Å². The molecule has 0 atom stereocenters. The van der Waals surface area contributed by atoms with Crippen molar-refractivity contribution in [2.24, 2.45) is 0 Å². The highest BCUT2D eigenvalue weighted by molar-refractivity contribution is 6.30. The topological polar surface area (TPSA) is 66.9 Å². The van der Waals surface area contributed by atoms with Gasteiger partial charge in [0.1, 0.15) is 5.69 Å². The first-order valence-corrected chi connectivity index (χ1v) is 6.73. The van der Waals surface area contributed by atoms with Gasteiger partial charge < -0.3 is 10.6 Å². The fourth-order valence-corrected chi connectivity index (χ4v) is 1.92. The van der Waals surface area contributed by atoms with Crippen molar-refractivity contribution in [1.82, 2.24) is 15.3 Å². The van der Waals surface area contributed by atoms with Crippen LogP contribution in [-0.2, 0) is 0 Å². The number of halogens is 1. The summed E-state index contributed by atoms with van der Waals surface area (Å²) in [4.78, 5) is 20.1. The molecule has 0 aliphatic rings. The Labute approximate surface area is 128 Å². The number of hydrogen-bond donors (Lipinski definition) is 2. The number of aromatic nitrogens is 2. The first-order chi connectivity index (χ1) is 10.1. The van der Waals surface area contributed by atoms with Crippen molar-refractivity contribution in [2.75, 3.05) is 11.9 Å². The molecule has 6 heteroatoms. The molecule has 21 heavy (non-hydrogen) atoms. The Morgan fingerprint density at radius 1 is 1.43 bits per heavy atom. The summed E-state index contributed by atoms with van der Waals surface area (Å²) in [6, 6.07) is 7.01. The van der Waals surface area contributed by atoms with E-state index in [0.717, 1.165) is 11.3 Å². The lowest BCUT2D eigenvalue weighted by Gasteiger charge is -2.09. The smallest absolute Gasteiger partial charge is 0.270 e. The number of nitrogens with zero attached hydrogens (tertiary/aromatic N) is 2. The van der Waals surface area contributed by atoms with E-state index in [9.17, 15) is 4.79 Å². The van der Waals surface area contributed by atoms with Gasteiger partial charge in [-0.25, -0.2) is 9.97 Å². The third-order valence-corrected chi connectivity index (χ3v) is 2.97. The van der Waals surface area contributed by atoms with E-state index in [4.69, 9.17) is 11.6 Å². The van der Waals surface area contributed by atoms with Crippen LogP contribution in [0.1, 0.15) is 16.1 Å². The molecule has 2 rings (SSSR count). The summed E-state index contributed by atoms with van der Waals surface area (Å²) in [5, 5.41) is 6.40. The monoisotopic (exact) mass is 302 g/mol. The molecule has 0 saturated heterocycles. The minimum absolute atomic E-state index is 0.270. The quantitative estimate of drug-likeness (QED) is 0.833. The predicted molar refractivity (Wildman–Crippen MR) is 84.0 cm³/mol. The van der Waals surface area contributed by atoms with E-state index in [2.05, 4.69) is 27.2 Å². The van der Waals surface area contributed by atoms with Gasteiger partial charge in [-0.2, -0.15) is 0 Å². The number of anilines is 2. The van der Waals surface area contributed by atoms with Gasteiger partial charge in [0.2, 0.25) is 5.95 Å². The minimum atomic E-state index is -0.270. The van der Waals surface area contributed by atoms with Crippen molar-refractivity contribution in [1.29, 1.82) is 0 Å². The van der Waals surface area contributed by atoms with Crippen molar-refractivity contribution >= 4 is 29.1 Å². The molecule has 5 nitrogen and oxygen atoms in total. The number of hydrogen-bond acceptors (Lipinski definition) is 4. The molecule has 1 heterocycles.